The summed E-state index contributed by atoms with van der Waals surface area (Å²) in [6, 6.07) is 10.8. The third kappa shape index (κ3) is 4.88. The third-order valence-electron chi connectivity index (χ3n) is 2.64. The zero-order valence-corrected chi connectivity index (χ0v) is 13.1. The Bertz CT molecular complexity index is 609. The number of hydrazone groups is 1. The van der Waals surface area contributed by atoms with E-state index in [1.54, 1.807) is 35.6 Å². The van der Waals surface area contributed by atoms with Crippen molar-refractivity contribution in [1.29, 1.82) is 0 Å². The van der Waals surface area contributed by atoms with Gasteiger partial charge in [0.15, 0.2) is 6.61 Å². The lowest BCUT2D eigenvalue weighted by molar-refractivity contribution is -0.123. The highest BCUT2D eigenvalue weighted by atomic mass is 35.5. The number of halogens is 1. The number of amides is 1. The van der Waals surface area contributed by atoms with Gasteiger partial charge >= 0.3 is 0 Å². The summed E-state index contributed by atoms with van der Waals surface area (Å²) >= 11 is 7.37. The van der Waals surface area contributed by atoms with Gasteiger partial charge in [-0.25, -0.2) is 5.43 Å². The van der Waals surface area contributed by atoms with E-state index in [4.69, 9.17) is 16.3 Å². The second kappa shape index (κ2) is 7.81. The van der Waals surface area contributed by atoms with Crippen molar-refractivity contribution in [2.45, 2.75) is 13.3 Å². The highest BCUT2D eigenvalue weighted by Crippen LogP contribution is 2.15. The standard InChI is InChI=1S/C15H15ClN2O2S/c1-2-13(14-4-3-9-21-14)17-18-15(19)10-20-12-7-5-11(16)6-8-12/h3-9H,2,10H2,1H3,(H,18,19)/b17-13-. The van der Waals surface area contributed by atoms with Gasteiger partial charge in [0.05, 0.1) is 10.6 Å². The summed E-state index contributed by atoms with van der Waals surface area (Å²) in [5, 5.41) is 6.74. The zero-order valence-electron chi connectivity index (χ0n) is 11.5. The number of carbonyl (C=O) groups excluding carboxylic acids is 1. The maximum atomic E-state index is 11.7. The molecule has 6 heteroatoms. The average molecular weight is 323 g/mol. The molecule has 0 saturated carbocycles. The molecule has 0 fully saturated rings. The molecular weight excluding hydrogens is 308 g/mol. The van der Waals surface area contributed by atoms with Crippen molar-refractivity contribution < 1.29 is 9.53 Å². The number of nitrogens with zero attached hydrogens (tertiary/aromatic N) is 1. The number of benzene rings is 1. The minimum atomic E-state index is -0.299. The third-order valence-corrected chi connectivity index (χ3v) is 3.81. The van der Waals surface area contributed by atoms with Gasteiger partial charge in [-0.1, -0.05) is 24.6 Å². The molecule has 0 spiro atoms. The highest BCUT2D eigenvalue weighted by molar-refractivity contribution is 7.12. The Labute approximate surface area is 132 Å². The lowest BCUT2D eigenvalue weighted by Crippen LogP contribution is -2.25. The van der Waals surface area contributed by atoms with E-state index in [1.165, 1.54) is 0 Å². The first-order chi connectivity index (χ1) is 10.2. The van der Waals surface area contributed by atoms with E-state index >= 15 is 0 Å². The van der Waals surface area contributed by atoms with Gasteiger partial charge in [0.1, 0.15) is 5.75 Å². The van der Waals surface area contributed by atoms with E-state index in [1.807, 2.05) is 24.4 Å². The Morgan fingerprint density at radius 1 is 1.33 bits per heavy atom. The van der Waals surface area contributed by atoms with Crippen LogP contribution >= 0.6 is 22.9 Å². The van der Waals surface area contributed by atoms with E-state index in [9.17, 15) is 4.79 Å². The number of hydrogen-bond donors (Lipinski definition) is 1. The first-order valence-corrected chi connectivity index (χ1v) is 7.72. The molecule has 4 nitrogen and oxygen atoms in total. The maximum Gasteiger partial charge on any atom is 0.277 e. The van der Waals surface area contributed by atoms with Gasteiger partial charge in [-0.2, -0.15) is 5.10 Å². The topological polar surface area (TPSA) is 50.7 Å². The van der Waals surface area contributed by atoms with Crippen LogP contribution in [-0.2, 0) is 4.79 Å². The zero-order chi connectivity index (χ0) is 15.1. The molecule has 0 aliphatic carbocycles. The number of carbonyl (C=O) groups is 1. The van der Waals surface area contributed by atoms with Crippen molar-refractivity contribution in [2.24, 2.45) is 5.10 Å². The number of nitrogens with one attached hydrogen (secondary N) is 1. The van der Waals surface area contributed by atoms with Crippen LogP contribution in [0, 0.1) is 0 Å². The second-order valence-electron chi connectivity index (χ2n) is 4.17. The molecule has 21 heavy (non-hydrogen) atoms. The van der Waals surface area contributed by atoms with Crippen LogP contribution in [0.3, 0.4) is 0 Å². The van der Waals surface area contributed by atoms with Crippen LogP contribution < -0.4 is 10.2 Å². The van der Waals surface area contributed by atoms with Crippen molar-refractivity contribution in [3.05, 3.63) is 51.7 Å². The van der Waals surface area contributed by atoms with Gasteiger partial charge in [-0.05, 0) is 42.1 Å². The SMILES string of the molecule is CC/C(=N/NC(=O)COc1ccc(Cl)cc1)c1cccs1. The van der Waals surface area contributed by atoms with Crippen molar-refractivity contribution in [3.63, 3.8) is 0 Å². The Hall–Kier alpha value is -1.85. The smallest absolute Gasteiger partial charge is 0.277 e. The Balaban J connectivity index is 1.85. The van der Waals surface area contributed by atoms with Crippen molar-refractivity contribution in [1.82, 2.24) is 5.43 Å². The number of thiophene rings is 1. The molecule has 1 heterocycles. The fourth-order valence-corrected chi connectivity index (χ4v) is 2.51. The first kappa shape index (κ1) is 15.5. The molecule has 0 bridgehead atoms. The fourth-order valence-electron chi connectivity index (χ4n) is 1.59. The van der Waals surface area contributed by atoms with E-state index in [0.29, 0.717) is 10.8 Å². The lowest BCUT2D eigenvalue weighted by Gasteiger charge is -2.06. The molecule has 0 saturated heterocycles. The Kier molecular flexibility index (Phi) is 5.78. The van der Waals surface area contributed by atoms with Gasteiger partial charge in [-0.15, -0.1) is 11.3 Å². The van der Waals surface area contributed by atoms with Crippen LogP contribution in [-0.4, -0.2) is 18.2 Å². The molecule has 1 aromatic carbocycles. The van der Waals surface area contributed by atoms with Crippen molar-refractivity contribution in [3.8, 4) is 5.75 Å². The van der Waals surface area contributed by atoms with E-state index in [0.717, 1.165) is 17.0 Å². The second-order valence-corrected chi connectivity index (χ2v) is 5.55. The molecule has 2 aromatic rings. The summed E-state index contributed by atoms with van der Waals surface area (Å²) in [6.45, 7) is 1.90. The lowest BCUT2D eigenvalue weighted by atomic mass is 10.2. The molecule has 1 amide bonds. The summed E-state index contributed by atoms with van der Waals surface area (Å²) in [6.07, 6.45) is 0.749. The number of rotatable bonds is 6. The summed E-state index contributed by atoms with van der Waals surface area (Å²) in [5.74, 6) is 0.292. The maximum absolute atomic E-state index is 11.7. The molecule has 0 atom stereocenters. The summed E-state index contributed by atoms with van der Waals surface area (Å²) < 4.78 is 5.34. The van der Waals surface area contributed by atoms with Crippen molar-refractivity contribution in [2.75, 3.05) is 6.61 Å². The molecule has 2 rings (SSSR count). The van der Waals surface area contributed by atoms with Crippen LogP contribution in [0.4, 0.5) is 0 Å². The molecule has 0 unspecified atom stereocenters. The molecular formula is C15H15ClN2O2S. The van der Waals surface area contributed by atoms with Gasteiger partial charge in [0, 0.05) is 5.02 Å². The molecule has 0 radical (unpaired) electrons. The fraction of sp³-hybridized carbons (Fsp3) is 0.200. The van der Waals surface area contributed by atoms with Crippen LogP contribution in [0.1, 0.15) is 18.2 Å². The van der Waals surface area contributed by atoms with Crippen LogP contribution in [0.25, 0.3) is 0 Å². The van der Waals surface area contributed by atoms with Gasteiger partial charge in [-0.3, -0.25) is 4.79 Å². The van der Waals surface area contributed by atoms with E-state index in [2.05, 4.69) is 10.5 Å². The number of hydrogen-bond acceptors (Lipinski definition) is 4. The first-order valence-electron chi connectivity index (χ1n) is 6.46. The summed E-state index contributed by atoms with van der Waals surface area (Å²) in [7, 11) is 0. The van der Waals surface area contributed by atoms with Crippen LogP contribution in [0.15, 0.2) is 46.9 Å². The van der Waals surface area contributed by atoms with E-state index in [-0.39, 0.29) is 12.5 Å². The minimum absolute atomic E-state index is 0.0907. The highest BCUT2D eigenvalue weighted by Gasteiger charge is 2.05. The monoisotopic (exact) mass is 322 g/mol. The molecule has 1 N–H and O–H groups in total. The predicted molar refractivity (Wildman–Crippen MR) is 86.2 cm³/mol. The normalized spacial score (nSPS) is 11.2. The molecule has 1 aromatic heterocycles. The minimum Gasteiger partial charge on any atom is -0.484 e. The van der Waals surface area contributed by atoms with Gasteiger partial charge in [0.25, 0.3) is 5.91 Å². The summed E-state index contributed by atoms with van der Waals surface area (Å²) in [5.41, 5.74) is 3.36. The Morgan fingerprint density at radius 3 is 2.71 bits per heavy atom. The predicted octanol–water partition coefficient (Wildman–Crippen LogP) is 3.71. The molecule has 0 aliphatic rings. The van der Waals surface area contributed by atoms with Crippen LogP contribution in [0.5, 0.6) is 5.75 Å². The van der Waals surface area contributed by atoms with Crippen molar-refractivity contribution >= 4 is 34.6 Å². The molecule has 110 valence electrons. The van der Waals surface area contributed by atoms with E-state index < -0.39 is 0 Å². The van der Waals surface area contributed by atoms with Gasteiger partial charge < -0.3 is 4.74 Å². The Morgan fingerprint density at radius 2 is 2.10 bits per heavy atom. The largest absolute Gasteiger partial charge is 0.484 e. The number of ether oxygens (including phenoxy) is 1. The average Bonchev–Trinajstić information content (AvgIpc) is 3.01. The molecule has 0 aliphatic heterocycles. The van der Waals surface area contributed by atoms with Crippen LogP contribution in [0.2, 0.25) is 5.02 Å². The van der Waals surface area contributed by atoms with Gasteiger partial charge in [0.2, 0.25) is 0 Å². The summed E-state index contributed by atoms with van der Waals surface area (Å²) in [4.78, 5) is 12.8. The quantitative estimate of drug-likeness (QED) is 0.651.